The van der Waals surface area contributed by atoms with Crippen LogP contribution in [0.15, 0.2) is 22.8 Å². The molecule has 1 amide bonds. The van der Waals surface area contributed by atoms with Crippen molar-refractivity contribution in [1.82, 2.24) is 15.2 Å². The molecule has 23 heavy (non-hydrogen) atoms. The maximum Gasteiger partial charge on any atom is 0.302 e. The van der Waals surface area contributed by atoms with Gasteiger partial charge in [-0.3, -0.25) is 9.59 Å². The number of carbonyl (C=O) groups is 2. The SMILES string of the molecule is CC(=O)OC1CCC(N(C)C(=O)c2ccc3nonc3c2)CC1. The number of fused-ring (bicyclic) bond motifs is 1. The van der Waals surface area contributed by atoms with Gasteiger partial charge in [0.2, 0.25) is 0 Å². The van der Waals surface area contributed by atoms with E-state index in [0.717, 1.165) is 25.7 Å². The van der Waals surface area contributed by atoms with E-state index in [-0.39, 0.29) is 24.0 Å². The molecule has 0 bridgehead atoms. The Hall–Kier alpha value is -2.44. The van der Waals surface area contributed by atoms with Crippen molar-refractivity contribution >= 4 is 22.9 Å². The van der Waals surface area contributed by atoms with E-state index in [0.29, 0.717) is 16.6 Å². The molecule has 122 valence electrons. The molecule has 0 aliphatic heterocycles. The number of benzene rings is 1. The first-order valence-electron chi connectivity index (χ1n) is 7.71. The molecular weight excluding hydrogens is 298 g/mol. The third kappa shape index (κ3) is 3.33. The highest BCUT2D eigenvalue weighted by molar-refractivity contribution is 5.97. The van der Waals surface area contributed by atoms with Gasteiger partial charge in [0.25, 0.3) is 5.91 Å². The number of ether oxygens (including phenoxy) is 1. The van der Waals surface area contributed by atoms with Gasteiger partial charge in [0.15, 0.2) is 0 Å². The summed E-state index contributed by atoms with van der Waals surface area (Å²) in [7, 11) is 1.81. The Morgan fingerprint density at radius 2 is 1.87 bits per heavy atom. The van der Waals surface area contributed by atoms with Gasteiger partial charge in [-0.05, 0) is 54.2 Å². The minimum Gasteiger partial charge on any atom is -0.463 e. The lowest BCUT2D eigenvalue weighted by Gasteiger charge is -2.34. The first-order chi connectivity index (χ1) is 11.0. The molecule has 0 atom stereocenters. The summed E-state index contributed by atoms with van der Waals surface area (Å²) in [5.41, 5.74) is 1.77. The summed E-state index contributed by atoms with van der Waals surface area (Å²) in [6.07, 6.45) is 3.20. The average molecular weight is 317 g/mol. The van der Waals surface area contributed by atoms with Crippen molar-refractivity contribution in [3.05, 3.63) is 23.8 Å². The Labute approximate surface area is 133 Å². The van der Waals surface area contributed by atoms with Crippen molar-refractivity contribution < 1.29 is 19.0 Å². The highest BCUT2D eigenvalue weighted by atomic mass is 16.6. The van der Waals surface area contributed by atoms with Gasteiger partial charge in [-0.25, -0.2) is 4.63 Å². The van der Waals surface area contributed by atoms with Crippen LogP contribution >= 0.6 is 0 Å². The molecule has 0 unspecified atom stereocenters. The zero-order chi connectivity index (χ0) is 16.4. The molecule has 2 aromatic rings. The summed E-state index contributed by atoms with van der Waals surface area (Å²) < 4.78 is 9.89. The lowest BCUT2D eigenvalue weighted by molar-refractivity contribution is -0.148. The molecule has 0 N–H and O–H groups in total. The zero-order valence-electron chi connectivity index (χ0n) is 13.2. The van der Waals surface area contributed by atoms with Gasteiger partial charge < -0.3 is 9.64 Å². The molecule has 1 aliphatic rings. The largest absolute Gasteiger partial charge is 0.463 e. The Morgan fingerprint density at radius 3 is 2.57 bits per heavy atom. The third-order valence-electron chi connectivity index (χ3n) is 4.35. The normalized spacial score (nSPS) is 21.1. The van der Waals surface area contributed by atoms with Crippen LogP contribution in [0.3, 0.4) is 0 Å². The first-order valence-corrected chi connectivity index (χ1v) is 7.71. The quantitative estimate of drug-likeness (QED) is 0.807. The van der Waals surface area contributed by atoms with Crippen molar-refractivity contribution in [1.29, 1.82) is 0 Å². The molecule has 1 aromatic carbocycles. The van der Waals surface area contributed by atoms with E-state index >= 15 is 0 Å². The van der Waals surface area contributed by atoms with Gasteiger partial charge >= 0.3 is 5.97 Å². The highest BCUT2D eigenvalue weighted by Crippen LogP contribution is 2.26. The van der Waals surface area contributed by atoms with Gasteiger partial charge in [0.1, 0.15) is 17.1 Å². The predicted molar refractivity (Wildman–Crippen MR) is 81.7 cm³/mol. The summed E-state index contributed by atoms with van der Waals surface area (Å²) in [6.45, 7) is 1.43. The Balaban J connectivity index is 1.64. The second kappa shape index (κ2) is 6.36. The number of hydrogen-bond donors (Lipinski definition) is 0. The molecule has 1 aromatic heterocycles. The highest BCUT2D eigenvalue weighted by Gasteiger charge is 2.28. The monoisotopic (exact) mass is 317 g/mol. The van der Waals surface area contributed by atoms with Gasteiger partial charge in [-0.2, -0.15) is 0 Å². The molecule has 1 heterocycles. The van der Waals surface area contributed by atoms with E-state index in [9.17, 15) is 9.59 Å². The van der Waals surface area contributed by atoms with Crippen LogP contribution < -0.4 is 0 Å². The van der Waals surface area contributed by atoms with Crippen LogP contribution in [0.5, 0.6) is 0 Å². The number of hydrogen-bond acceptors (Lipinski definition) is 6. The smallest absolute Gasteiger partial charge is 0.302 e. The Bertz CT molecular complexity index is 719. The summed E-state index contributed by atoms with van der Waals surface area (Å²) >= 11 is 0. The fourth-order valence-corrected chi connectivity index (χ4v) is 3.07. The van der Waals surface area contributed by atoms with Crippen LogP contribution in [0.4, 0.5) is 0 Å². The Morgan fingerprint density at radius 1 is 1.17 bits per heavy atom. The van der Waals surface area contributed by atoms with Gasteiger partial charge in [0, 0.05) is 25.6 Å². The van der Waals surface area contributed by atoms with Gasteiger partial charge in [-0.15, -0.1) is 0 Å². The van der Waals surface area contributed by atoms with E-state index in [4.69, 9.17) is 4.74 Å². The summed E-state index contributed by atoms with van der Waals surface area (Å²) in [5, 5.41) is 7.50. The van der Waals surface area contributed by atoms with Crippen molar-refractivity contribution in [2.75, 3.05) is 7.05 Å². The van der Waals surface area contributed by atoms with E-state index in [1.165, 1.54) is 6.92 Å². The van der Waals surface area contributed by atoms with E-state index in [1.807, 2.05) is 7.05 Å². The summed E-state index contributed by atoms with van der Waals surface area (Å²) in [6, 6.07) is 5.30. The van der Waals surface area contributed by atoms with Crippen LogP contribution in [0, 0.1) is 0 Å². The van der Waals surface area contributed by atoms with Gasteiger partial charge in [0.05, 0.1) is 0 Å². The molecular formula is C16H19N3O4. The predicted octanol–water partition coefficient (Wildman–Crippen LogP) is 2.17. The maximum absolute atomic E-state index is 12.6. The van der Waals surface area contributed by atoms with Crippen LogP contribution in [0.1, 0.15) is 43.0 Å². The number of carbonyl (C=O) groups excluding carboxylic acids is 2. The second-order valence-electron chi connectivity index (χ2n) is 5.92. The van der Waals surface area contributed by atoms with Crippen molar-refractivity contribution in [3.63, 3.8) is 0 Å². The lowest BCUT2D eigenvalue weighted by atomic mass is 9.91. The average Bonchev–Trinajstić information content (AvgIpc) is 3.01. The van der Waals surface area contributed by atoms with Crippen molar-refractivity contribution in [3.8, 4) is 0 Å². The molecule has 1 fully saturated rings. The second-order valence-corrected chi connectivity index (χ2v) is 5.92. The molecule has 0 radical (unpaired) electrons. The molecule has 1 aliphatic carbocycles. The minimum absolute atomic E-state index is 0.0233. The number of rotatable bonds is 3. The lowest BCUT2D eigenvalue weighted by Crippen LogP contribution is -2.40. The van der Waals surface area contributed by atoms with Crippen LogP contribution in [0.2, 0.25) is 0 Å². The molecule has 3 rings (SSSR count). The molecule has 7 heteroatoms. The Kier molecular flexibility index (Phi) is 4.27. The van der Waals surface area contributed by atoms with E-state index in [2.05, 4.69) is 14.9 Å². The van der Waals surface area contributed by atoms with E-state index < -0.39 is 0 Å². The molecule has 0 spiro atoms. The maximum atomic E-state index is 12.6. The number of aromatic nitrogens is 2. The van der Waals surface area contributed by atoms with Crippen molar-refractivity contribution in [2.45, 2.75) is 44.8 Å². The standard InChI is InChI=1S/C16H19N3O4/c1-10(20)22-13-6-4-12(5-7-13)19(2)16(21)11-3-8-14-15(9-11)18-23-17-14/h3,8-9,12-13H,4-7H2,1-2H3. The van der Waals surface area contributed by atoms with Gasteiger partial charge in [-0.1, -0.05) is 0 Å². The molecule has 1 saturated carbocycles. The van der Waals surface area contributed by atoms with Crippen LogP contribution in [0.25, 0.3) is 11.0 Å². The molecule has 0 saturated heterocycles. The molecule has 7 nitrogen and oxygen atoms in total. The fraction of sp³-hybridized carbons (Fsp3) is 0.500. The summed E-state index contributed by atoms with van der Waals surface area (Å²) in [4.78, 5) is 25.4. The van der Waals surface area contributed by atoms with Crippen molar-refractivity contribution in [2.24, 2.45) is 0 Å². The van der Waals surface area contributed by atoms with Crippen LogP contribution in [-0.2, 0) is 9.53 Å². The van der Waals surface area contributed by atoms with E-state index in [1.54, 1.807) is 23.1 Å². The zero-order valence-corrected chi connectivity index (χ0v) is 13.2. The summed E-state index contributed by atoms with van der Waals surface area (Å²) in [5.74, 6) is -0.293. The number of nitrogens with zero attached hydrogens (tertiary/aromatic N) is 3. The minimum atomic E-state index is -0.243. The third-order valence-corrected chi connectivity index (χ3v) is 4.35. The first kappa shape index (κ1) is 15.5. The number of esters is 1. The topological polar surface area (TPSA) is 85.5 Å². The van der Waals surface area contributed by atoms with Crippen LogP contribution in [-0.4, -0.2) is 46.3 Å². The fourth-order valence-electron chi connectivity index (χ4n) is 3.07. The number of amides is 1.